The van der Waals surface area contributed by atoms with Gasteiger partial charge < -0.3 is 5.73 Å². The second-order valence-electron chi connectivity index (χ2n) is 3.97. The first-order chi connectivity index (χ1) is 9.04. The van der Waals surface area contributed by atoms with E-state index in [4.69, 9.17) is 17.3 Å². The first kappa shape index (κ1) is 13.3. The second-order valence-corrected chi connectivity index (χ2v) is 4.41. The Morgan fingerprint density at radius 2 is 2.26 bits per heavy atom. The molecule has 0 saturated carbocycles. The molecule has 0 amide bonds. The highest BCUT2D eigenvalue weighted by atomic mass is 35.5. The van der Waals surface area contributed by atoms with E-state index >= 15 is 0 Å². The van der Waals surface area contributed by atoms with E-state index < -0.39 is 4.92 Å². The second kappa shape index (κ2) is 5.23. The largest absolute Gasteiger partial charge is 0.381 e. The number of halogens is 1. The molecule has 7 nitrogen and oxygen atoms in total. The van der Waals surface area contributed by atoms with Crippen molar-refractivity contribution in [3.8, 4) is 5.69 Å². The molecule has 1 heterocycles. The molecule has 0 aliphatic carbocycles. The predicted octanol–water partition coefficient (Wildman–Crippen LogP) is 2.36. The van der Waals surface area contributed by atoms with Gasteiger partial charge in [-0.3, -0.25) is 10.1 Å². The average molecular weight is 282 g/mol. The molecule has 100 valence electrons. The van der Waals surface area contributed by atoms with E-state index in [-0.39, 0.29) is 11.5 Å². The van der Waals surface area contributed by atoms with Crippen molar-refractivity contribution in [3.05, 3.63) is 39.0 Å². The van der Waals surface area contributed by atoms with Gasteiger partial charge >= 0.3 is 0 Å². The normalized spacial score (nSPS) is 10.6. The Morgan fingerprint density at radius 3 is 2.89 bits per heavy atom. The fourth-order valence-electron chi connectivity index (χ4n) is 1.80. The molecule has 0 fully saturated rings. The Kier molecular flexibility index (Phi) is 3.66. The summed E-state index contributed by atoms with van der Waals surface area (Å²) in [4.78, 5) is 10.6. The summed E-state index contributed by atoms with van der Waals surface area (Å²) in [7, 11) is 0. The molecule has 1 aromatic heterocycles. The fraction of sp³-hybridized carbons (Fsp3) is 0.273. The average Bonchev–Trinajstić information content (AvgIpc) is 2.72. The van der Waals surface area contributed by atoms with Gasteiger partial charge in [0.25, 0.3) is 5.69 Å². The van der Waals surface area contributed by atoms with Gasteiger partial charge in [-0.2, -0.15) is 0 Å². The van der Waals surface area contributed by atoms with E-state index in [1.165, 1.54) is 16.8 Å². The summed E-state index contributed by atoms with van der Waals surface area (Å²) < 4.78 is 1.40. The number of hydrogen-bond donors (Lipinski definition) is 1. The van der Waals surface area contributed by atoms with Crippen molar-refractivity contribution in [1.82, 2.24) is 15.0 Å². The Hall–Kier alpha value is -2.15. The molecule has 19 heavy (non-hydrogen) atoms. The highest BCUT2D eigenvalue weighted by Crippen LogP contribution is 2.28. The molecule has 0 aliphatic heterocycles. The van der Waals surface area contributed by atoms with Gasteiger partial charge in [0.1, 0.15) is 5.69 Å². The van der Waals surface area contributed by atoms with Crippen molar-refractivity contribution >= 4 is 23.1 Å². The number of aromatic nitrogens is 3. The van der Waals surface area contributed by atoms with Crippen LogP contribution in [0.1, 0.15) is 19.0 Å². The van der Waals surface area contributed by atoms with E-state index in [0.29, 0.717) is 22.8 Å². The number of anilines is 1. The van der Waals surface area contributed by atoms with Crippen LogP contribution in [0.2, 0.25) is 5.02 Å². The first-order valence-electron chi connectivity index (χ1n) is 5.69. The number of nitro benzene ring substituents is 1. The smallest absolute Gasteiger partial charge is 0.296 e. The van der Waals surface area contributed by atoms with Gasteiger partial charge in [0, 0.05) is 11.1 Å². The topological polar surface area (TPSA) is 99.9 Å². The van der Waals surface area contributed by atoms with Crippen LogP contribution in [0.3, 0.4) is 0 Å². The summed E-state index contributed by atoms with van der Waals surface area (Å²) in [6.07, 6.45) is 1.47. The summed E-state index contributed by atoms with van der Waals surface area (Å²) in [5.74, 6) is 0.283. The maximum atomic E-state index is 11.1. The highest BCUT2D eigenvalue weighted by molar-refractivity contribution is 6.30. The van der Waals surface area contributed by atoms with E-state index in [0.717, 1.165) is 6.42 Å². The number of benzene rings is 1. The molecule has 2 N–H and O–H groups in total. The standard InChI is InChI=1S/C11H12ClN5O2/c1-2-3-9-11(13)14-15-16(9)8-5-4-7(12)6-10(8)17(18)19/h4-6H,2-3,13H2,1H3. The zero-order valence-electron chi connectivity index (χ0n) is 10.2. The van der Waals surface area contributed by atoms with Gasteiger partial charge in [-0.1, -0.05) is 30.2 Å². The van der Waals surface area contributed by atoms with Crippen molar-refractivity contribution in [1.29, 1.82) is 0 Å². The van der Waals surface area contributed by atoms with E-state index in [1.807, 2.05) is 6.92 Å². The number of nitro groups is 1. The minimum atomic E-state index is -0.505. The predicted molar refractivity (Wildman–Crippen MR) is 71.4 cm³/mol. The first-order valence-corrected chi connectivity index (χ1v) is 6.06. The summed E-state index contributed by atoms with van der Waals surface area (Å²) in [5, 5.41) is 19.0. The van der Waals surface area contributed by atoms with Crippen LogP contribution in [-0.2, 0) is 6.42 Å². The minimum absolute atomic E-state index is 0.130. The third-order valence-corrected chi connectivity index (χ3v) is 2.88. The highest BCUT2D eigenvalue weighted by Gasteiger charge is 2.20. The summed E-state index contributed by atoms with van der Waals surface area (Å²) in [5.41, 5.74) is 6.57. The van der Waals surface area contributed by atoms with Crippen LogP contribution in [-0.4, -0.2) is 19.9 Å². The molecule has 0 unspecified atom stereocenters. The summed E-state index contributed by atoms with van der Waals surface area (Å²) in [6, 6.07) is 4.38. The number of hydrogen-bond acceptors (Lipinski definition) is 5. The maximum Gasteiger partial charge on any atom is 0.296 e. The molecular weight excluding hydrogens is 270 g/mol. The fourth-order valence-corrected chi connectivity index (χ4v) is 1.97. The molecular formula is C11H12ClN5O2. The molecule has 0 spiro atoms. The monoisotopic (exact) mass is 281 g/mol. The SMILES string of the molecule is CCCc1c(N)nnn1-c1ccc(Cl)cc1[N+](=O)[O-]. The van der Waals surface area contributed by atoms with Gasteiger partial charge in [0.2, 0.25) is 0 Å². The van der Waals surface area contributed by atoms with E-state index in [1.54, 1.807) is 6.07 Å². The molecule has 0 saturated heterocycles. The molecule has 2 rings (SSSR count). The van der Waals surface area contributed by atoms with Crippen LogP contribution in [0.25, 0.3) is 5.69 Å². The Labute approximate surface area is 114 Å². The third-order valence-electron chi connectivity index (χ3n) is 2.64. The maximum absolute atomic E-state index is 11.1. The molecule has 0 aliphatic rings. The van der Waals surface area contributed by atoms with Gasteiger partial charge in [-0.05, 0) is 18.6 Å². The molecule has 0 bridgehead atoms. The van der Waals surface area contributed by atoms with Crippen LogP contribution < -0.4 is 5.73 Å². The van der Waals surface area contributed by atoms with Gasteiger partial charge in [-0.15, -0.1) is 5.10 Å². The molecule has 2 aromatic rings. The van der Waals surface area contributed by atoms with E-state index in [9.17, 15) is 10.1 Å². The van der Waals surface area contributed by atoms with Crippen LogP contribution in [0, 0.1) is 10.1 Å². The lowest BCUT2D eigenvalue weighted by molar-refractivity contribution is -0.384. The number of nitrogens with zero attached hydrogens (tertiary/aromatic N) is 4. The van der Waals surface area contributed by atoms with Crippen molar-refractivity contribution in [3.63, 3.8) is 0 Å². The number of nitrogen functional groups attached to an aromatic ring is 1. The summed E-state index contributed by atoms with van der Waals surface area (Å²) >= 11 is 5.78. The minimum Gasteiger partial charge on any atom is -0.381 e. The molecule has 0 atom stereocenters. The van der Waals surface area contributed by atoms with Crippen molar-refractivity contribution in [2.75, 3.05) is 5.73 Å². The van der Waals surface area contributed by atoms with Crippen LogP contribution in [0.15, 0.2) is 18.2 Å². The third kappa shape index (κ3) is 2.50. The van der Waals surface area contributed by atoms with Gasteiger partial charge in [0.15, 0.2) is 5.82 Å². The Morgan fingerprint density at radius 1 is 1.53 bits per heavy atom. The van der Waals surface area contributed by atoms with Crippen molar-refractivity contribution < 1.29 is 4.92 Å². The lowest BCUT2D eigenvalue weighted by atomic mass is 10.2. The number of nitrogens with two attached hydrogens (primary N) is 1. The zero-order chi connectivity index (χ0) is 14.0. The van der Waals surface area contributed by atoms with Crippen LogP contribution in [0.4, 0.5) is 11.5 Å². The van der Waals surface area contributed by atoms with Gasteiger partial charge in [0.05, 0.1) is 10.6 Å². The van der Waals surface area contributed by atoms with Gasteiger partial charge in [-0.25, -0.2) is 4.68 Å². The van der Waals surface area contributed by atoms with Crippen molar-refractivity contribution in [2.45, 2.75) is 19.8 Å². The van der Waals surface area contributed by atoms with E-state index in [2.05, 4.69) is 10.3 Å². The Balaban J connectivity index is 2.62. The molecule has 1 aromatic carbocycles. The van der Waals surface area contributed by atoms with Crippen LogP contribution in [0.5, 0.6) is 0 Å². The quantitative estimate of drug-likeness (QED) is 0.685. The lowest BCUT2D eigenvalue weighted by Crippen LogP contribution is -2.06. The number of rotatable bonds is 4. The van der Waals surface area contributed by atoms with Crippen LogP contribution >= 0.6 is 11.6 Å². The molecule has 0 radical (unpaired) electrons. The summed E-state index contributed by atoms with van der Waals surface area (Å²) in [6.45, 7) is 1.98. The Bertz CT molecular complexity index is 626. The molecule has 8 heteroatoms. The lowest BCUT2D eigenvalue weighted by Gasteiger charge is -2.06. The zero-order valence-corrected chi connectivity index (χ0v) is 11.0. The van der Waals surface area contributed by atoms with Crippen molar-refractivity contribution in [2.24, 2.45) is 0 Å².